The Morgan fingerprint density at radius 1 is 1.19 bits per heavy atom. The molecule has 1 fully saturated rings. The maximum Gasteiger partial charge on any atom is 0.253 e. The first-order valence-corrected chi connectivity index (χ1v) is 10.2. The molecule has 1 saturated heterocycles. The van der Waals surface area contributed by atoms with Gasteiger partial charge in [0.05, 0.1) is 23.3 Å². The third-order valence-corrected chi connectivity index (χ3v) is 6.26. The van der Waals surface area contributed by atoms with Crippen molar-refractivity contribution in [3.8, 4) is 11.1 Å². The van der Waals surface area contributed by atoms with Crippen LogP contribution in [0.1, 0.15) is 16.1 Å². The number of rotatable bonds is 2. The van der Waals surface area contributed by atoms with E-state index in [1.165, 1.54) is 0 Å². The number of aromatic nitrogens is 3. The number of H-pyrrole nitrogens is 1. The fraction of sp³-hybridized carbons (Fsp3) is 0.278. The first-order valence-electron chi connectivity index (χ1n) is 8.34. The fourth-order valence-corrected chi connectivity index (χ4v) is 4.37. The Bertz CT molecular complexity index is 1090. The summed E-state index contributed by atoms with van der Waals surface area (Å²) < 4.78 is 23.1. The molecule has 0 unspecified atom stereocenters. The Balaban J connectivity index is 1.66. The molecule has 0 bridgehead atoms. The quantitative estimate of drug-likeness (QED) is 0.742. The predicted octanol–water partition coefficient (Wildman–Crippen LogP) is 1.80. The van der Waals surface area contributed by atoms with Crippen molar-refractivity contribution in [2.75, 3.05) is 24.6 Å². The monoisotopic (exact) mass is 370 g/mol. The van der Waals surface area contributed by atoms with Gasteiger partial charge in [-0.2, -0.15) is 0 Å². The van der Waals surface area contributed by atoms with Gasteiger partial charge in [0, 0.05) is 29.9 Å². The molecular weight excluding hydrogens is 352 g/mol. The lowest BCUT2D eigenvalue weighted by Crippen LogP contribution is -2.43. The third kappa shape index (κ3) is 3.08. The summed E-state index contributed by atoms with van der Waals surface area (Å²) in [5.41, 5.74) is 4.69. The van der Waals surface area contributed by atoms with Gasteiger partial charge in [-0.05, 0) is 30.7 Å². The average Bonchev–Trinajstić information content (AvgIpc) is 3.08. The molecule has 1 aliphatic rings. The topological polar surface area (TPSA) is 96.0 Å². The molecule has 1 N–H and O–H groups in total. The molecule has 8 heteroatoms. The molecule has 0 radical (unpaired) electrons. The molecular formula is C18H18N4O3S. The highest BCUT2D eigenvalue weighted by molar-refractivity contribution is 7.91. The molecule has 26 heavy (non-hydrogen) atoms. The molecule has 0 aliphatic carbocycles. The number of sulfone groups is 1. The zero-order valence-corrected chi connectivity index (χ0v) is 15.1. The summed E-state index contributed by atoms with van der Waals surface area (Å²) in [6.45, 7) is 2.39. The number of fused-ring (bicyclic) bond motifs is 1. The third-order valence-electron chi connectivity index (χ3n) is 4.65. The maximum absolute atomic E-state index is 12.7. The number of benzene rings is 1. The molecule has 134 valence electrons. The van der Waals surface area contributed by atoms with Gasteiger partial charge in [-0.1, -0.05) is 12.1 Å². The van der Waals surface area contributed by atoms with Gasteiger partial charge >= 0.3 is 0 Å². The minimum absolute atomic E-state index is 0.0257. The van der Waals surface area contributed by atoms with Gasteiger partial charge in [0.1, 0.15) is 0 Å². The maximum atomic E-state index is 12.7. The number of aromatic amines is 1. The van der Waals surface area contributed by atoms with Crippen molar-refractivity contribution in [2.24, 2.45) is 0 Å². The Morgan fingerprint density at radius 2 is 1.96 bits per heavy atom. The summed E-state index contributed by atoms with van der Waals surface area (Å²) in [7, 11) is -3.01. The van der Waals surface area contributed by atoms with Crippen molar-refractivity contribution in [1.82, 2.24) is 19.9 Å². The largest absolute Gasteiger partial charge is 0.343 e. The molecule has 3 aromatic rings. The lowest BCUT2D eigenvalue weighted by atomic mass is 10.0. The number of imidazole rings is 1. The van der Waals surface area contributed by atoms with Gasteiger partial charge in [0.2, 0.25) is 0 Å². The van der Waals surface area contributed by atoms with Crippen LogP contribution in [0.5, 0.6) is 0 Å². The van der Waals surface area contributed by atoms with E-state index >= 15 is 0 Å². The summed E-state index contributed by atoms with van der Waals surface area (Å²) in [6, 6.07) is 9.33. The van der Waals surface area contributed by atoms with Crippen LogP contribution in [-0.4, -0.2) is 58.8 Å². The van der Waals surface area contributed by atoms with Crippen molar-refractivity contribution in [1.29, 1.82) is 0 Å². The van der Waals surface area contributed by atoms with E-state index in [1.54, 1.807) is 17.3 Å². The second-order valence-electron chi connectivity index (χ2n) is 6.42. The number of carbonyl (C=O) groups excluding carboxylic acids is 1. The van der Waals surface area contributed by atoms with Crippen molar-refractivity contribution >= 4 is 26.9 Å². The second kappa shape index (κ2) is 6.21. The van der Waals surface area contributed by atoms with Gasteiger partial charge in [-0.15, -0.1) is 0 Å². The number of aryl methyl sites for hydroxylation is 1. The van der Waals surface area contributed by atoms with E-state index < -0.39 is 9.84 Å². The van der Waals surface area contributed by atoms with E-state index in [1.807, 2.05) is 31.2 Å². The van der Waals surface area contributed by atoms with Gasteiger partial charge in [-0.25, -0.2) is 18.4 Å². The molecule has 7 nitrogen and oxygen atoms in total. The fourth-order valence-electron chi connectivity index (χ4n) is 3.17. The summed E-state index contributed by atoms with van der Waals surface area (Å²) in [4.78, 5) is 26.0. The second-order valence-corrected chi connectivity index (χ2v) is 8.72. The van der Waals surface area contributed by atoms with Gasteiger partial charge in [-0.3, -0.25) is 4.79 Å². The van der Waals surface area contributed by atoms with E-state index in [9.17, 15) is 13.2 Å². The van der Waals surface area contributed by atoms with Crippen molar-refractivity contribution in [2.45, 2.75) is 6.92 Å². The summed E-state index contributed by atoms with van der Waals surface area (Å²) in [6.07, 6.45) is 1.60. The molecule has 4 rings (SSSR count). The first kappa shape index (κ1) is 16.7. The van der Waals surface area contributed by atoms with Crippen LogP contribution in [0.2, 0.25) is 0 Å². The number of nitrogens with zero attached hydrogens (tertiary/aromatic N) is 3. The normalized spacial score (nSPS) is 16.7. The number of hydrogen-bond donors (Lipinski definition) is 1. The Kier molecular flexibility index (Phi) is 3.99. The summed E-state index contributed by atoms with van der Waals surface area (Å²) in [5.74, 6) is -0.0920. The van der Waals surface area contributed by atoms with Crippen molar-refractivity contribution in [3.63, 3.8) is 0 Å². The lowest BCUT2D eigenvalue weighted by molar-refractivity contribution is 0.0770. The smallest absolute Gasteiger partial charge is 0.253 e. The van der Waals surface area contributed by atoms with Gasteiger partial charge in [0.15, 0.2) is 15.5 Å². The molecule has 0 spiro atoms. The Hall–Kier alpha value is -2.74. The molecule has 0 saturated carbocycles. The number of hydrogen-bond acceptors (Lipinski definition) is 5. The van der Waals surface area contributed by atoms with Gasteiger partial charge in [0.25, 0.3) is 5.91 Å². The summed E-state index contributed by atoms with van der Waals surface area (Å²) >= 11 is 0. The van der Waals surface area contributed by atoms with Crippen LogP contribution in [-0.2, 0) is 9.84 Å². The minimum atomic E-state index is -3.01. The van der Waals surface area contributed by atoms with E-state index in [4.69, 9.17) is 0 Å². The van der Waals surface area contributed by atoms with Crippen LogP contribution in [0.25, 0.3) is 22.3 Å². The van der Waals surface area contributed by atoms with Crippen LogP contribution >= 0.6 is 0 Å². The molecule has 1 aliphatic heterocycles. The predicted molar refractivity (Wildman–Crippen MR) is 98.6 cm³/mol. The van der Waals surface area contributed by atoms with Crippen LogP contribution in [0.4, 0.5) is 0 Å². The zero-order chi connectivity index (χ0) is 18.3. The highest BCUT2D eigenvalue weighted by atomic mass is 32.2. The van der Waals surface area contributed by atoms with E-state index in [-0.39, 0.29) is 30.5 Å². The van der Waals surface area contributed by atoms with Crippen LogP contribution < -0.4 is 0 Å². The van der Waals surface area contributed by atoms with Crippen LogP contribution in [0, 0.1) is 6.92 Å². The molecule has 0 atom stereocenters. The SMILES string of the molecule is Cc1nc2nc[nH]c2cc1-c1cccc(C(=O)N2CCS(=O)(=O)CC2)c1. The van der Waals surface area contributed by atoms with Crippen LogP contribution in [0.15, 0.2) is 36.7 Å². The Labute approximate surface area is 151 Å². The molecule has 2 aromatic heterocycles. The van der Waals surface area contributed by atoms with E-state index in [2.05, 4.69) is 15.0 Å². The van der Waals surface area contributed by atoms with Crippen molar-refractivity contribution < 1.29 is 13.2 Å². The number of amides is 1. The lowest BCUT2D eigenvalue weighted by Gasteiger charge is -2.27. The van der Waals surface area contributed by atoms with E-state index in [0.29, 0.717) is 11.2 Å². The van der Waals surface area contributed by atoms with Gasteiger partial charge < -0.3 is 9.88 Å². The number of pyridine rings is 1. The van der Waals surface area contributed by atoms with Crippen molar-refractivity contribution in [3.05, 3.63) is 47.9 Å². The zero-order valence-electron chi connectivity index (χ0n) is 14.3. The molecule has 1 aromatic carbocycles. The molecule has 1 amide bonds. The minimum Gasteiger partial charge on any atom is -0.343 e. The number of nitrogens with one attached hydrogen (secondary N) is 1. The van der Waals surface area contributed by atoms with Crippen LogP contribution in [0.3, 0.4) is 0 Å². The van der Waals surface area contributed by atoms with E-state index in [0.717, 1.165) is 22.3 Å². The summed E-state index contributed by atoms with van der Waals surface area (Å²) in [5, 5.41) is 0. The Morgan fingerprint density at radius 3 is 2.73 bits per heavy atom. The highest BCUT2D eigenvalue weighted by Gasteiger charge is 2.25. The highest BCUT2D eigenvalue weighted by Crippen LogP contribution is 2.26. The first-order chi connectivity index (χ1) is 12.4. The molecule has 3 heterocycles. The average molecular weight is 370 g/mol. The standard InChI is InChI=1S/C18H18N4O3S/c1-12-15(10-16-17(21-12)20-11-19-16)13-3-2-4-14(9-13)18(23)22-5-7-26(24,25)8-6-22/h2-4,9-11H,5-8H2,1H3,(H,19,20,21). The number of carbonyl (C=O) groups is 1.